The van der Waals surface area contributed by atoms with Gasteiger partial charge in [-0.2, -0.15) is 13.5 Å². The fourth-order valence-corrected chi connectivity index (χ4v) is 3.79. The highest BCUT2D eigenvalue weighted by Gasteiger charge is 2.42. The summed E-state index contributed by atoms with van der Waals surface area (Å²) in [6.45, 7) is -0.0115. The molecular weight excluding hydrogens is 292 g/mol. The van der Waals surface area contributed by atoms with Crippen molar-refractivity contribution in [2.45, 2.75) is 11.6 Å². The zero-order chi connectivity index (χ0) is 15.2. The molecule has 8 heteroatoms. The van der Waals surface area contributed by atoms with Gasteiger partial charge in [-0.05, 0) is 5.56 Å². The summed E-state index contributed by atoms with van der Waals surface area (Å²) in [4.78, 5) is 13.7. The number of carbonyl (C=O) groups is 1. The lowest BCUT2D eigenvalue weighted by molar-refractivity contribution is 0.228. The van der Waals surface area contributed by atoms with Crippen LogP contribution in [0, 0.1) is 0 Å². The van der Waals surface area contributed by atoms with Crippen molar-refractivity contribution in [3.8, 4) is 0 Å². The molecule has 0 bridgehead atoms. The molecule has 0 unspecified atom stereocenters. The van der Waals surface area contributed by atoms with Crippen molar-refractivity contribution in [1.82, 2.24) is 14.1 Å². The average molecular weight is 306 g/mol. The van der Waals surface area contributed by atoms with Gasteiger partial charge in [0.25, 0.3) is 10.0 Å². The molecule has 0 atom stereocenters. The molecule has 1 aromatic carbocycles. The summed E-state index contributed by atoms with van der Waals surface area (Å²) in [5.41, 5.74) is 1.04. The Bertz CT molecular complexity index is 798. The number of hydrogen-bond donors (Lipinski definition) is 0. The minimum atomic E-state index is -3.93. The van der Waals surface area contributed by atoms with E-state index in [0.717, 1.165) is 9.87 Å². The van der Waals surface area contributed by atoms with E-state index >= 15 is 0 Å². The molecule has 2 amide bonds. The second-order valence-corrected chi connectivity index (χ2v) is 6.61. The monoisotopic (exact) mass is 306 g/mol. The molecule has 0 N–H and O–H groups in total. The average Bonchev–Trinajstić information content (AvgIpc) is 2.86. The Hall–Kier alpha value is -2.35. The number of aromatic nitrogens is 2. The van der Waals surface area contributed by atoms with Crippen molar-refractivity contribution in [2.24, 2.45) is 7.05 Å². The van der Waals surface area contributed by atoms with Crippen LogP contribution in [0.3, 0.4) is 0 Å². The molecule has 21 heavy (non-hydrogen) atoms. The maximum Gasteiger partial charge on any atom is 0.338 e. The highest BCUT2D eigenvalue weighted by molar-refractivity contribution is 7.89. The summed E-state index contributed by atoms with van der Waals surface area (Å²) in [6.07, 6.45) is 1.52. The molecule has 1 aliphatic heterocycles. The van der Waals surface area contributed by atoms with Crippen LogP contribution in [0.5, 0.6) is 0 Å². The number of aryl methyl sites for hydroxylation is 1. The number of amides is 2. The van der Waals surface area contributed by atoms with E-state index in [4.69, 9.17) is 0 Å². The molecule has 1 aromatic heterocycles. The third kappa shape index (κ3) is 2.07. The molecule has 0 fully saturated rings. The quantitative estimate of drug-likeness (QED) is 0.835. The van der Waals surface area contributed by atoms with Gasteiger partial charge in [0.2, 0.25) is 5.03 Å². The molecule has 2 aromatic rings. The van der Waals surface area contributed by atoms with Gasteiger partial charge in [-0.1, -0.05) is 30.3 Å². The van der Waals surface area contributed by atoms with Gasteiger partial charge < -0.3 is 0 Å². The Morgan fingerprint density at radius 1 is 1.14 bits per heavy atom. The number of urea groups is 1. The molecule has 0 aliphatic carbocycles. The number of rotatable bonds is 2. The molecule has 0 saturated carbocycles. The lowest BCUT2D eigenvalue weighted by Crippen LogP contribution is -2.48. The Morgan fingerprint density at radius 2 is 1.81 bits per heavy atom. The van der Waals surface area contributed by atoms with Crippen LogP contribution < -0.4 is 4.90 Å². The van der Waals surface area contributed by atoms with Crippen molar-refractivity contribution in [2.75, 3.05) is 11.9 Å². The van der Waals surface area contributed by atoms with Crippen LogP contribution in [-0.2, 0) is 23.6 Å². The van der Waals surface area contributed by atoms with Crippen LogP contribution in [-0.4, -0.2) is 35.6 Å². The van der Waals surface area contributed by atoms with E-state index in [0.29, 0.717) is 5.69 Å². The molecule has 110 valence electrons. The number of sulfonamides is 1. The van der Waals surface area contributed by atoms with Crippen LogP contribution in [0.15, 0.2) is 41.6 Å². The molecule has 0 spiro atoms. The first-order valence-electron chi connectivity index (χ1n) is 6.29. The molecule has 3 rings (SSSR count). The minimum absolute atomic E-state index is 0.0115. The highest BCUT2D eigenvalue weighted by Crippen LogP contribution is 2.32. The largest absolute Gasteiger partial charge is 0.338 e. The van der Waals surface area contributed by atoms with E-state index in [1.54, 1.807) is 31.3 Å². The van der Waals surface area contributed by atoms with Crippen molar-refractivity contribution < 1.29 is 13.2 Å². The van der Waals surface area contributed by atoms with Crippen LogP contribution in [0.4, 0.5) is 10.5 Å². The van der Waals surface area contributed by atoms with Crippen molar-refractivity contribution in [1.29, 1.82) is 0 Å². The normalized spacial score (nSPS) is 17.0. The topological polar surface area (TPSA) is 75.5 Å². The van der Waals surface area contributed by atoms with Crippen LogP contribution in [0.1, 0.15) is 5.56 Å². The molecule has 7 nitrogen and oxygen atoms in total. The highest BCUT2D eigenvalue weighted by atomic mass is 32.2. The summed E-state index contributed by atoms with van der Waals surface area (Å²) in [6, 6.07) is 8.39. The first kappa shape index (κ1) is 13.6. The number of benzene rings is 1. The molecule has 0 saturated heterocycles. The Balaban J connectivity index is 2.08. The van der Waals surface area contributed by atoms with Gasteiger partial charge in [-0.15, -0.1) is 0 Å². The first-order valence-corrected chi connectivity index (χ1v) is 7.73. The summed E-state index contributed by atoms with van der Waals surface area (Å²) >= 11 is 0. The van der Waals surface area contributed by atoms with Gasteiger partial charge in [0.15, 0.2) is 0 Å². The SMILES string of the molecule is CN1C(=O)N(Cc2ccccc2)S(=O)(=O)c2nn(C)cc21. The van der Waals surface area contributed by atoms with E-state index < -0.39 is 16.1 Å². The third-order valence-electron chi connectivity index (χ3n) is 3.34. The Labute approximate surface area is 122 Å². The van der Waals surface area contributed by atoms with Crippen LogP contribution in [0.25, 0.3) is 0 Å². The lowest BCUT2D eigenvalue weighted by atomic mass is 10.2. The molecule has 2 heterocycles. The second kappa shape index (κ2) is 4.59. The number of carbonyl (C=O) groups excluding carboxylic acids is 1. The summed E-state index contributed by atoms with van der Waals surface area (Å²) in [7, 11) is -0.776. The zero-order valence-electron chi connectivity index (χ0n) is 11.6. The number of fused-ring (bicyclic) bond motifs is 1. The summed E-state index contributed by atoms with van der Waals surface area (Å²) in [5.74, 6) is 0. The predicted octanol–water partition coefficient (Wildman–Crippen LogP) is 1.18. The van der Waals surface area contributed by atoms with E-state index in [2.05, 4.69) is 5.10 Å². The van der Waals surface area contributed by atoms with Gasteiger partial charge in [-0.25, -0.2) is 9.10 Å². The second-order valence-electron chi connectivity index (χ2n) is 4.83. The molecule has 1 aliphatic rings. The van der Waals surface area contributed by atoms with Gasteiger partial charge in [-0.3, -0.25) is 9.58 Å². The first-order chi connectivity index (χ1) is 9.91. The van der Waals surface area contributed by atoms with Gasteiger partial charge in [0.05, 0.1) is 6.54 Å². The van der Waals surface area contributed by atoms with Crippen molar-refractivity contribution in [3.63, 3.8) is 0 Å². The smallest absolute Gasteiger partial charge is 0.292 e. The zero-order valence-corrected chi connectivity index (χ0v) is 12.4. The van der Waals surface area contributed by atoms with Crippen molar-refractivity contribution >= 4 is 21.7 Å². The Kier molecular flexibility index (Phi) is 2.98. The standard InChI is InChI=1S/C13H14N4O3S/c1-15-9-11-12(14-15)21(19,20)17(13(18)16(11)2)8-10-6-4-3-5-7-10/h3-7,9H,8H2,1-2H3. The predicted molar refractivity (Wildman–Crippen MR) is 76.2 cm³/mol. The van der Waals surface area contributed by atoms with E-state index in [-0.39, 0.29) is 11.6 Å². The van der Waals surface area contributed by atoms with E-state index in [1.165, 1.54) is 22.8 Å². The minimum Gasteiger partial charge on any atom is -0.292 e. The van der Waals surface area contributed by atoms with Crippen LogP contribution in [0.2, 0.25) is 0 Å². The van der Waals surface area contributed by atoms with E-state index in [1.807, 2.05) is 6.07 Å². The summed E-state index contributed by atoms with van der Waals surface area (Å²) in [5, 5.41) is 3.88. The maximum absolute atomic E-state index is 12.6. The van der Waals surface area contributed by atoms with Gasteiger partial charge >= 0.3 is 6.03 Å². The van der Waals surface area contributed by atoms with Gasteiger partial charge in [0, 0.05) is 20.3 Å². The maximum atomic E-state index is 12.6. The van der Waals surface area contributed by atoms with Gasteiger partial charge in [0.1, 0.15) is 5.69 Å². The van der Waals surface area contributed by atoms with E-state index in [9.17, 15) is 13.2 Å². The molecular formula is C13H14N4O3S. The Morgan fingerprint density at radius 3 is 2.48 bits per heavy atom. The molecule has 0 radical (unpaired) electrons. The number of hydrogen-bond acceptors (Lipinski definition) is 4. The van der Waals surface area contributed by atoms with Crippen LogP contribution >= 0.6 is 0 Å². The fourth-order valence-electron chi connectivity index (χ4n) is 2.25. The third-order valence-corrected chi connectivity index (χ3v) is 4.99. The lowest BCUT2D eigenvalue weighted by Gasteiger charge is -2.31. The number of anilines is 1. The fraction of sp³-hybridized carbons (Fsp3) is 0.231. The number of nitrogens with zero attached hydrogens (tertiary/aromatic N) is 4. The van der Waals surface area contributed by atoms with Crippen molar-refractivity contribution in [3.05, 3.63) is 42.1 Å². The summed E-state index contributed by atoms with van der Waals surface area (Å²) < 4.78 is 27.4.